The van der Waals surface area contributed by atoms with E-state index in [0.717, 1.165) is 49.4 Å². The van der Waals surface area contributed by atoms with Gasteiger partial charge in [0, 0.05) is 37.7 Å². The molecular weight excluding hydrogens is 414 g/mol. The van der Waals surface area contributed by atoms with Crippen LogP contribution in [0, 0.1) is 5.92 Å². The van der Waals surface area contributed by atoms with Gasteiger partial charge >= 0.3 is 0 Å². The lowest BCUT2D eigenvalue weighted by Crippen LogP contribution is -2.39. The first-order chi connectivity index (χ1) is 16.1. The van der Waals surface area contributed by atoms with Crippen LogP contribution in [-0.2, 0) is 17.8 Å². The fourth-order valence-corrected chi connectivity index (χ4v) is 4.40. The molecule has 0 unspecified atom stereocenters. The highest BCUT2D eigenvalue weighted by Gasteiger charge is 2.22. The van der Waals surface area contributed by atoms with Crippen molar-refractivity contribution < 1.29 is 9.53 Å². The summed E-state index contributed by atoms with van der Waals surface area (Å²) in [7, 11) is 1.63. The second-order valence-corrected chi connectivity index (χ2v) is 8.63. The molecule has 0 atom stereocenters. The maximum atomic E-state index is 12.7. The number of hydrogen-bond donors (Lipinski definition) is 0. The molecule has 4 rings (SSSR count). The van der Waals surface area contributed by atoms with Crippen LogP contribution in [0.3, 0.4) is 0 Å². The molecule has 1 saturated heterocycles. The third-order valence-electron chi connectivity index (χ3n) is 6.35. The Morgan fingerprint density at radius 1 is 1.00 bits per heavy atom. The number of aryl methyl sites for hydroxylation is 1. The van der Waals surface area contributed by atoms with E-state index in [1.807, 2.05) is 35.2 Å². The lowest BCUT2D eigenvalue weighted by Gasteiger charge is -2.32. The molecule has 33 heavy (non-hydrogen) atoms. The second kappa shape index (κ2) is 10.9. The SMILES string of the molecule is COc1ccc(-c2ccc(=O)n(CCCC(=O)N3CCC(Cc4ccccc4)CC3)n2)cc1. The molecule has 2 aromatic carbocycles. The van der Waals surface area contributed by atoms with E-state index in [9.17, 15) is 9.59 Å². The lowest BCUT2D eigenvalue weighted by molar-refractivity contribution is -0.132. The van der Waals surface area contributed by atoms with Crippen molar-refractivity contribution in [3.05, 3.63) is 82.6 Å². The summed E-state index contributed by atoms with van der Waals surface area (Å²) >= 11 is 0. The van der Waals surface area contributed by atoms with E-state index < -0.39 is 0 Å². The minimum Gasteiger partial charge on any atom is -0.497 e. The van der Waals surface area contributed by atoms with Gasteiger partial charge in [-0.3, -0.25) is 9.59 Å². The van der Waals surface area contributed by atoms with Gasteiger partial charge in [-0.25, -0.2) is 4.68 Å². The van der Waals surface area contributed by atoms with E-state index in [1.165, 1.54) is 16.3 Å². The Kier molecular flexibility index (Phi) is 7.55. The summed E-state index contributed by atoms with van der Waals surface area (Å²) in [5.41, 5.74) is 2.86. The van der Waals surface area contributed by atoms with Crippen molar-refractivity contribution in [3.8, 4) is 17.0 Å². The predicted octanol–water partition coefficient (Wildman–Crippen LogP) is 4.18. The van der Waals surface area contributed by atoms with E-state index in [0.29, 0.717) is 25.3 Å². The maximum Gasteiger partial charge on any atom is 0.266 e. The van der Waals surface area contributed by atoms with Gasteiger partial charge in [-0.15, -0.1) is 0 Å². The van der Waals surface area contributed by atoms with Crippen LogP contribution in [0.5, 0.6) is 5.75 Å². The maximum absolute atomic E-state index is 12.7. The van der Waals surface area contributed by atoms with Crippen LogP contribution in [0.2, 0.25) is 0 Å². The van der Waals surface area contributed by atoms with Gasteiger partial charge in [-0.1, -0.05) is 30.3 Å². The van der Waals surface area contributed by atoms with Crippen LogP contribution in [0.1, 0.15) is 31.2 Å². The molecule has 0 aliphatic carbocycles. The molecule has 6 nitrogen and oxygen atoms in total. The van der Waals surface area contributed by atoms with Crippen molar-refractivity contribution in [1.82, 2.24) is 14.7 Å². The average molecular weight is 446 g/mol. The smallest absolute Gasteiger partial charge is 0.266 e. The minimum absolute atomic E-state index is 0.151. The summed E-state index contributed by atoms with van der Waals surface area (Å²) in [6, 6.07) is 21.4. The molecule has 2 heterocycles. The quantitative estimate of drug-likeness (QED) is 0.522. The summed E-state index contributed by atoms with van der Waals surface area (Å²) in [6.45, 7) is 2.07. The third-order valence-corrected chi connectivity index (χ3v) is 6.35. The van der Waals surface area contributed by atoms with Crippen molar-refractivity contribution in [2.24, 2.45) is 5.92 Å². The minimum atomic E-state index is -0.151. The summed E-state index contributed by atoms with van der Waals surface area (Å²) in [5.74, 6) is 1.59. The lowest BCUT2D eigenvalue weighted by atomic mass is 9.90. The number of benzene rings is 2. The van der Waals surface area contributed by atoms with Gasteiger partial charge in [0.25, 0.3) is 5.56 Å². The zero-order chi connectivity index (χ0) is 23.0. The molecule has 0 spiro atoms. The topological polar surface area (TPSA) is 64.4 Å². The third kappa shape index (κ3) is 6.09. The molecule has 1 aliphatic heterocycles. The van der Waals surface area contributed by atoms with Crippen molar-refractivity contribution in [2.75, 3.05) is 20.2 Å². The molecule has 6 heteroatoms. The van der Waals surface area contributed by atoms with Crippen molar-refractivity contribution in [1.29, 1.82) is 0 Å². The number of likely N-dealkylation sites (tertiary alicyclic amines) is 1. The van der Waals surface area contributed by atoms with Crippen LogP contribution in [-0.4, -0.2) is 40.8 Å². The largest absolute Gasteiger partial charge is 0.497 e. The number of hydrogen-bond acceptors (Lipinski definition) is 4. The molecule has 3 aromatic rings. The van der Waals surface area contributed by atoms with Crippen LogP contribution >= 0.6 is 0 Å². The fourth-order valence-electron chi connectivity index (χ4n) is 4.40. The first kappa shape index (κ1) is 22.8. The van der Waals surface area contributed by atoms with Crippen LogP contribution in [0.15, 0.2) is 71.5 Å². The van der Waals surface area contributed by atoms with Gasteiger partial charge in [-0.2, -0.15) is 5.10 Å². The normalized spacial score (nSPS) is 14.3. The zero-order valence-corrected chi connectivity index (χ0v) is 19.2. The summed E-state index contributed by atoms with van der Waals surface area (Å²) in [5, 5.41) is 4.50. The Balaban J connectivity index is 1.26. The highest BCUT2D eigenvalue weighted by molar-refractivity contribution is 5.76. The highest BCUT2D eigenvalue weighted by atomic mass is 16.5. The molecule has 1 amide bonds. The Morgan fingerprint density at radius 2 is 1.73 bits per heavy atom. The Bertz CT molecular complexity index is 1100. The molecule has 172 valence electrons. The molecule has 1 fully saturated rings. The van der Waals surface area contributed by atoms with Crippen molar-refractivity contribution in [3.63, 3.8) is 0 Å². The second-order valence-electron chi connectivity index (χ2n) is 8.63. The van der Waals surface area contributed by atoms with Crippen LogP contribution in [0.4, 0.5) is 0 Å². The highest BCUT2D eigenvalue weighted by Crippen LogP contribution is 2.22. The number of aromatic nitrogens is 2. The Labute approximate surface area is 194 Å². The van der Waals surface area contributed by atoms with Gasteiger partial charge in [0.05, 0.1) is 12.8 Å². The average Bonchev–Trinajstić information content (AvgIpc) is 2.86. The van der Waals surface area contributed by atoms with Gasteiger partial charge in [-0.05, 0) is 67.5 Å². The molecule has 0 saturated carbocycles. The molecule has 0 bridgehead atoms. The van der Waals surface area contributed by atoms with E-state index in [1.54, 1.807) is 13.2 Å². The number of rotatable bonds is 8. The number of carbonyl (C=O) groups is 1. The van der Waals surface area contributed by atoms with E-state index >= 15 is 0 Å². The fraction of sp³-hybridized carbons (Fsp3) is 0.370. The number of methoxy groups -OCH3 is 1. The van der Waals surface area contributed by atoms with Gasteiger partial charge < -0.3 is 9.64 Å². The van der Waals surface area contributed by atoms with Crippen molar-refractivity contribution in [2.45, 2.75) is 38.6 Å². The Morgan fingerprint density at radius 3 is 2.42 bits per heavy atom. The van der Waals surface area contributed by atoms with Gasteiger partial charge in [0.15, 0.2) is 0 Å². The zero-order valence-electron chi connectivity index (χ0n) is 19.2. The Hall–Kier alpha value is -3.41. The standard InChI is InChI=1S/C27H31N3O3/c1-33-24-11-9-23(10-12-24)25-13-14-27(32)30(28-25)17-5-8-26(31)29-18-15-22(16-19-29)20-21-6-3-2-4-7-21/h2-4,6-7,9-14,22H,5,8,15-20H2,1H3. The van der Waals surface area contributed by atoms with Gasteiger partial charge in [0.1, 0.15) is 5.75 Å². The van der Waals surface area contributed by atoms with E-state index in [-0.39, 0.29) is 11.5 Å². The molecule has 1 aromatic heterocycles. The first-order valence-corrected chi connectivity index (χ1v) is 11.7. The van der Waals surface area contributed by atoms with Crippen LogP contribution < -0.4 is 10.3 Å². The number of piperidine rings is 1. The summed E-state index contributed by atoms with van der Waals surface area (Å²) < 4.78 is 6.65. The predicted molar refractivity (Wildman–Crippen MR) is 129 cm³/mol. The molecule has 1 aliphatic rings. The summed E-state index contributed by atoms with van der Waals surface area (Å²) in [6.07, 6.45) is 4.21. The number of carbonyl (C=O) groups excluding carboxylic acids is 1. The molecule has 0 N–H and O–H groups in total. The molecular formula is C27H31N3O3. The van der Waals surface area contributed by atoms with Crippen LogP contribution in [0.25, 0.3) is 11.3 Å². The van der Waals surface area contributed by atoms with E-state index in [4.69, 9.17) is 4.74 Å². The number of nitrogens with zero attached hydrogens (tertiary/aromatic N) is 3. The first-order valence-electron chi connectivity index (χ1n) is 11.7. The van der Waals surface area contributed by atoms with Gasteiger partial charge in [0.2, 0.25) is 5.91 Å². The number of amides is 1. The molecule has 0 radical (unpaired) electrons. The van der Waals surface area contributed by atoms with Crippen molar-refractivity contribution >= 4 is 5.91 Å². The summed E-state index contributed by atoms with van der Waals surface area (Å²) in [4.78, 5) is 26.9. The number of ether oxygens (including phenoxy) is 1. The van der Waals surface area contributed by atoms with E-state index in [2.05, 4.69) is 29.4 Å². The monoisotopic (exact) mass is 445 g/mol.